The average Bonchev–Trinajstić information content (AvgIpc) is 3.24. The molecular formula is C15H17N3O5S. The van der Waals surface area contributed by atoms with E-state index in [9.17, 15) is 9.59 Å². The second-order valence-corrected chi connectivity index (χ2v) is 6.22. The molecule has 0 bridgehead atoms. The fourth-order valence-corrected chi connectivity index (χ4v) is 3.21. The van der Waals surface area contributed by atoms with Crippen molar-refractivity contribution in [2.75, 3.05) is 19.8 Å². The van der Waals surface area contributed by atoms with E-state index in [2.05, 4.69) is 10.1 Å². The molecule has 3 heterocycles. The number of aromatic nitrogens is 2. The molecule has 0 spiro atoms. The first-order valence-electron chi connectivity index (χ1n) is 7.57. The zero-order chi connectivity index (χ0) is 16.9. The fraction of sp³-hybridized carbons (Fsp3) is 0.467. The molecular weight excluding hydrogens is 334 g/mol. The molecule has 0 aliphatic carbocycles. The predicted molar refractivity (Wildman–Crippen MR) is 84.5 cm³/mol. The number of thiophene rings is 1. The van der Waals surface area contributed by atoms with Crippen molar-refractivity contribution in [3.05, 3.63) is 22.7 Å². The molecule has 0 radical (unpaired) electrons. The Morgan fingerprint density at radius 1 is 1.46 bits per heavy atom. The van der Waals surface area contributed by atoms with Crippen LogP contribution >= 0.6 is 11.3 Å². The van der Waals surface area contributed by atoms with Crippen molar-refractivity contribution in [1.82, 2.24) is 15.0 Å². The standard InChI is InChI=1S/C15H17N3O5S/c19-13(18-4-5-22-8-11(18)7-14(20)21)2-1-12-16-15(17-23-12)10-3-6-24-9-10/h3,6,9,11H,1-2,4-5,7-8H2,(H,20,21). The maximum Gasteiger partial charge on any atom is 0.305 e. The van der Waals surface area contributed by atoms with Crippen LogP contribution in [0.15, 0.2) is 21.3 Å². The highest BCUT2D eigenvalue weighted by molar-refractivity contribution is 7.08. The second kappa shape index (κ2) is 7.54. The number of hydrogen-bond donors (Lipinski definition) is 1. The summed E-state index contributed by atoms with van der Waals surface area (Å²) in [6, 6.07) is 1.47. The Morgan fingerprint density at radius 3 is 3.08 bits per heavy atom. The summed E-state index contributed by atoms with van der Waals surface area (Å²) in [5.41, 5.74) is 0.885. The van der Waals surface area contributed by atoms with Crippen LogP contribution in [-0.4, -0.2) is 57.8 Å². The number of ether oxygens (including phenoxy) is 1. The van der Waals surface area contributed by atoms with Crippen molar-refractivity contribution in [1.29, 1.82) is 0 Å². The van der Waals surface area contributed by atoms with Crippen LogP contribution in [0.5, 0.6) is 0 Å². The van der Waals surface area contributed by atoms with Crippen molar-refractivity contribution in [2.24, 2.45) is 0 Å². The molecule has 2 aromatic heterocycles. The summed E-state index contributed by atoms with van der Waals surface area (Å²) >= 11 is 1.54. The van der Waals surface area contributed by atoms with Gasteiger partial charge in [-0.05, 0) is 11.4 Å². The van der Waals surface area contributed by atoms with Crippen molar-refractivity contribution in [3.63, 3.8) is 0 Å². The van der Waals surface area contributed by atoms with Gasteiger partial charge in [0.15, 0.2) is 0 Å². The maximum absolute atomic E-state index is 12.4. The Balaban J connectivity index is 1.57. The Kier molecular flexibility index (Phi) is 5.21. The zero-order valence-corrected chi connectivity index (χ0v) is 13.7. The molecule has 24 heavy (non-hydrogen) atoms. The third-order valence-corrected chi connectivity index (χ3v) is 4.44. The lowest BCUT2D eigenvalue weighted by molar-refractivity contribution is -0.146. The van der Waals surface area contributed by atoms with E-state index in [1.807, 2.05) is 16.8 Å². The third kappa shape index (κ3) is 3.98. The quantitative estimate of drug-likeness (QED) is 0.839. The summed E-state index contributed by atoms with van der Waals surface area (Å²) in [4.78, 5) is 29.1. The molecule has 0 aromatic carbocycles. The van der Waals surface area contributed by atoms with E-state index >= 15 is 0 Å². The number of nitrogens with zero attached hydrogens (tertiary/aromatic N) is 3. The summed E-state index contributed by atoms with van der Waals surface area (Å²) < 4.78 is 10.4. The third-order valence-electron chi connectivity index (χ3n) is 3.76. The number of aliphatic carboxylic acids is 1. The molecule has 2 aromatic rings. The van der Waals surface area contributed by atoms with Gasteiger partial charge in [0.05, 0.1) is 25.7 Å². The molecule has 9 heteroatoms. The fourth-order valence-electron chi connectivity index (χ4n) is 2.58. The van der Waals surface area contributed by atoms with Gasteiger partial charge in [0, 0.05) is 30.3 Å². The molecule has 128 valence electrons. The van der Waals surface area contributed by atoms with Crippen molar-refractivity contribution in [3.8, 4) is 11.4 Å². The normalized spacial score (nSPS) is 17.8. The molecule has 1 unspecified atom stereocenters. The van der Waals surface area contributed by atoms with Gasteiger partial charge >= 0.3 is 5.97 Å². The summed E-state index contributed by atoms with van der Waals surface area (Å²) in [5.74, 6) is -0.165. The van der Waals surface area contributed by atoms with Gasteiger partial charge in [-0.15, -0.1) is 0 Å². The van der Waals surface area contributed by atoms with Crippen molar-refractivity contribution >= 4 is 23.2 Å². The maximum atomic E-state index is 12.4. The smallest absolute Gasteiger partial charge is 0.305 e. The van der Waals surface area contributed by atoms with Crippen LogP contribution in [0.3, 0.4) is 0 Å². The average molecular weight is 351 g/mol. The van der Waals surface area contributed by atoms with Crippen LogP contribution in [0.2, 0.25) is 0 Å². The number of rotatable bonds is 6. The Bertz CT molecular complexity index is 700. The Hall–Kier alpha value is -2.26. The molecule has 1 fully saturated rings. The lowest BCUT2D eigenvalue weighted by atomic mass is 10.1. The number of carboxylic acids is 1. The van der Waals surface area contributed by atoms with Crippen LogP contribution in [0, 0.1) is 0 Å². The lowest BCUT2D eigenvalue weighted by Gasteiger charge is -2.34. The van der Waals surface area contributed by atoms with E-state index in [1.165, 1.54) is 0 Å². The molecule has 1 saturated heterocycles. The van der Waals surface area contributed by atoms with Gasteiger partial charge < -0.3 is 19.3 Å². The van der Waals surface area contributed by atoms with Gasteiger partial charge in [-0.25, -0.2) is 0 Å². The van der Waals surface area contributed by atoms with Gasteiger partial charge in [0.1, 0.15) is 0 Å². The van der Waals surface area contributed by atoms with Crippen molar-refractivity contribution < 1.29 is 24.0 Å². The topological polar surface area (TPSA) is 106 Å². The summed E-state index contributed by atoms with van der Waals surface area (Å²) in [7, 11) is 0. The number of morpholine rings is 1. The van der Waals surface area contributed by atoms with Crippen LogP contribution in [0.4, 0.5) is 0 Å². The van der Waals surface area contributed by atoms with E-state index < -0.39 is 12.0 Å². The number of hydrogen-bond acceptors (Lipinski definition) is 7. The van der Waals surface area contributed by atoms with Crippen LogP contribution in [-0.2, 0) is 20.7 Å². The number of carbonyl (C=O) groups is 2. The zero-order valence-electron chi connectivity index (χ0n) is 12.9. The molecule has 1 N–H and O–H groups in total. The Labute approximate surface area is 142 Å². The van der Waals surface area contributed by atoms with Gasteiger partial charge in [-0.1, -0.05) is 5.16 Å². The number of carbonyl (C=O) groups excluding carboxylic acids is 1. The number of aryl methyl sites for hydroxylation is 1. The highest BCUT2D eigenvalue weighted by atomic mass is 32.1. The highest BCUT2D eigenvalue weighted by Gasteiger charge is 2.29. The van der Waals surface area contributed by atoms with Gasteiger partial charge in [-0.2, -0.15) is 16.3 Å². The van der Waals surface area contributed by atoms with E-state index in [-0.39, 0.29) is 25.4 Å². The number of carboxylic acid groups (broad SMARTS) is 1. The highest BCUT2D eigenvalue weighted by Crippen LogP contribution is 2.19. The lowest BCUT2D eigenvalue weighted by Crippen LogP contribution is -2.49. The van der Waals surface area contributed by atoms with Gasteiger partial charge in [-0.3, -0.25) is 9.59 Å². The van der Waals surface area contributed by atoms with E-state index in [4.69, 9.17) is 14.4 Å². The Morgan fingerprint density at radius 2 is 2.33 bits per heavy atom. The molecule has 1 aliphatic rings. The minimum absolute atomic E-state index is 0.116. The van der Waals surface area contributed by atoms with Crippen LogP contribution in [0.1, 0.15) is 18.7 Å². The van der Waals surface area contributed by atoms with Gasteiger partial charge in [0.2, 0.25) is 17.6 Å². The minimum atomic E-state index is -0.944. The molecule has 3 rings (SSSR count). The first-order valence-corrected chi connectivity index (χ1v) is 8.52. The first kappa shape index (κ1) is 16.6. The SMILES string of the molecule is O=C(O)CC1COCCN1C(=O)CCc1nc(-c2ccsc2)no1. The molecule has 1 atom stereocenters. The molecule has 8 nitrogen and oxygen atoms in total. The van der Waals surface area contributed by atoms with Crippen molar-refractivity contribution in [2.45, 2.75) is 25.3 Å². The largest absolute Gasteiger partial charge is 0.481 e. The molecule has 1 aliphatic heterocycles. The summed E-state index contributed by atoms with van der Waals surface area (Å²) in [6.07, 6.45) is 0.406. The van der Waals surface area contributed by atoms with Crippen LogP contribution < -0.4 is 0 Å². The summed E-state index contributed by atoms with van der Waals surface area (Å²) in [6.45, 7) is 1.08. The van der Waals surface area contributed by atoms with Gasteiger partial charge in [0.25, 0.3) is 0 Å². The monoisotopic (exact) mass is 351 g/mol. The van der Waals surface area contributed by atoms with E-state index in [0.717, 1.165) is 5.56 Å². The molecule has 1 amide bonds. The summed E-state index contributed by atoms with van der Waals surface area (Å²) in [5, 5.41) is 16.7. The number of amides is 1. The predicted octanol–water partition coefficient (Wildman–Crippen LogP) is 1.43. The van der Waals surface area contributed by atoms with E-state index in [1.54, 1.807) is 16.2 Å². The van der Waals surface area contributed by atoms with E-state index in [0.29, 0.717) is 31.3 Å². The second-order valence-electron chi connectivity index (χ2n) is 5.44. The minimum Gasteiger partial charge on any atom is -0.481 e. The first-order chi connectivity index (χ1) is 11.6. The van der Waals surface area contributed by atoms with Crippen LogP contribution in [0.25, 0.3) is 11.4 Å². The molecule has 0 saturated carbocycles.